The minimum Gasteiger partial charge on any atom is -0.464 e. The van der Waals surface area contributed by atoms with E-state index < -0.39 is 11.9 Å². The van der Waals surface area contributed by atoms with Gasteiger partial charge in [0, 0.05) is 5.56 Å². The number of ether oxygens (including phenoxy) is 2. The summed E-state index contributed by atoms with van der Waals surface area (Å²) < 4.78 is 14.4. The monoisotopic (exact) mass is 329 g/mol. The van der Waals surface area contributed by atoms with Gasteiger partial charge in [-0.15, -0.1) is 0 Å². The number of halogens is 2. The first kappa shape index (κ1) is 15.3. The number of hydrogen-bond donors (Lipinski definition) is 0. The van der Waals surface area contributed by atoms with Gasteiger partial charge in [0.05, 0.1) is 24.3 Å². The predicted molar refractivity (Wildman–Crippen MR) is 74.6 cm³/mol. The van der Waals surface area contributed by atoms with Crippen molar-refractivity contribution >= 4 is 35.1 Å². The molecule has 2 rings (SSSR count). The lowest BCUT2D eigenvalue weighted by molar-refractivity contribution is 0.0527. The number of esters is 2. The molecule has 0 radical (unpaired) electrons. The molecule has 1 heterocycles. The standard InChI is InChI=1S/C13H9Cl2NO5/c1-19-12(17)9-10(13(18)20-2)21-11(16-9)6-3-4-7(14)8(15)5-6/h3-5H,1-2H3. The Balaban J connectivity index is 2.55. The maximum atomic E-state index is 11.6. The smallest absolute Gasteiger partial charge is 0.376 e. The number of oxazole rings is 1. The summed E-state index contributed by atoms with van der Waals surface area (Å²) in [7, 11) is 2.32. The molecule has 0 N–H and O–H groups in total. The number of aromatic nitrogens is 1. The lowest BCUT2D eigenvalue weighted by atomic mass is 10.2. The van der Waals surface area contributed by atoms with Crippen molar-refractivity contribution in [2.24, 2.45) is 0 Å². The lowest BCUT2D eigenvalue weighted by Crippen LogP contribution is -2.10. The number of benzene rings is 1. The lowest BCUT2D eigenvalue weighted by Gasteiger charge is -1.98. The number of methoxy groups -OCH3 is 2. The van der Waals surface area contributed by atoms with Gasteiger partial charge in [-0.1, -0.05) is 23.2 Å². The Morgan fingerprint density at radius 2 is 1.76 bits per heavy atom. The van der Waals surface area contributed by atoms with Crippen LogP contribution in [0.5, 0.6) is 0 Å². The van der Waals surface area contributed by atoms with Crippen LogP contribution in [0.2, 0.25) is 10.0 Å². The summed E-state index contributed by atoms with van der Waals surface area (Å²) >= 11 is 11.7. The summed E-state index contributed by atoms with van der Waals surface area (Å²) in [6, 6.07) is 4.62. The molecule has 6 nitrogen and oxygen atoms in total. The van der Waals surface area contributed by atoms with E-state index in [1.54, 1.807) is 12.1 Å². The van der Waals surface area contributed by atoms with Gasteiger partial charge in [-0.2, -0.15) is 0 Å². The predicted octanol–water partition coefficient (Wildman–Crippen LogP) is 3.22. The first-order valence-electron chi connectivity index (χ1n) is 5.60. The molecule has 0 fully saturated rings. The zero-order valence-corrected chi connectivity index (χ0v) is 12.5. The first-order valence-corrected chi connectivity index (χ1v) is 6.36. The number of carbonyl (C=O) groups is 2. The van der Waals surface area contributed by atoms with E-state index in [0.29, 0.717) is 10.6 Å². The average Bonchev–Trinajstić information content (AvgIpc) is 2.93. The molecule has 8 heteroatoms. The van der Waals surface area contributed by atoms with Crippen molar-refractivity contribution in [1.82, 2.24) is 4.98 Å². The van der Waals surface area contributed by atoms with Crippen molar-refractivity contribution in [3.05, 3.63) is 39.7 Å². The van der Waals surface area contributed by atoms with E-state index in [2.05, 4.69) is 14.5 Å². The highest BCUT2D eigenvalue weighted by molar-refractivity contribution is 6.42. The average molecular weight is 330 g/mol. The zero-order chi connectivity index (χ0) is 15.6. The molecular weight excluding hydrogens is 321 g/mol. The van der Waals surface area contributed by atoms with Crippen molar-refractivity contribution in [2.45, 2.75) is 0 Å². The van der Waals surface area contributed by atoms with Crippen LogP contribution in [0.15, 0.2) is 22.6 Å². The van der Waals surface area contributed by atoms with Crippen LogP contribution in [0, 0.1) is 0 Å². The van der Waals surface area contributed by atoms with E-state index in [9.17, 15) is 9.59 Å². The molecule has 0 saturated heterocycles. The van der Waals surface area contributed by atoms with E-state index in [-0.39, 0.29) is 22.4 Å². The van der Waals surface area contributed by atoms with Gasteiger partial charge in [0.15, 0.2) is 0 Å². The fraction of sp³-hybridized carbons (Fsp3) is 0.154. The van der Waals surface area contributed by atoms with Gasteiger partial charge in [-0.3, -0.25) is 0 Å². The van der Waals surface area contributed by atoms with Crippen LogP contribution >= 0.6 is 23.2 Å². The van der Waals surface area contributed by atoms with Crippen molar-refractivity contribution in [3.63, 3.8) is 0 Å². The minimum atomic E-state index is -0.839. The third-order valence-electron chi connectivity index (χ3n) is 2.54. The summed E-state index contributed by atoms with van der Waals surface area (Å²) in [6.45, 7) is 0. The molecule has 0 aliphatic heterocycles. The highest BCUT2D eigenvalue weighted by atomic mass is 35.5. The van der Waals surface area contributed by atoms with Gasteiger partial charge < -0.3 is 13.9 Å². The summed E-state index contributed by atoms with van der Waals surface area (Å²) in [5, 5.41) is 0.639. The zero-order valence-electron chi connectivity index (χ0n) is 11.0. The van der Waals surface area contributed by atoms with E-state index >= 15 is 0 Å². The largest absolute Gasteiger partial charge is 0.464 e. The van der Waals surface area contributed by atoms with Crippen LogP contribution in [-0.4, -0.2) is 31.1 Å². The Bertz CT molecular complexity index is 677. The van der Waals surface area contributed by atoms with Crippen LogP contribution in [0.4, 0.5) is 0 Å². The molecule has 2 aromatic rings. The molecule has 0 unspecified atom stereocenters. The Morgan fingerprint density at radius 1 is 1.10 bits per heavy atom. The molecule has 0 atom stereocenters. The fourth-order valence-electron chi connectivity index (χ4n) is 1.54. The van der Waals surface area contributed by atoms with Crippen molar-refractivity contribution in [3.8, 4) is 11.5 Å². The molecular formula is C13H9Cl2NO5. The van der Waals surface area contributed by atoms with Gasteiger partial charge in [0.1, 0.15) is 0 Å². The summed E-state index contributed by atoms with van der Waals surface area (Å²) in [4.78, 5) is 27.2. The van der Waals surface area contributed by atoms with Crippen molar-refractivity contribution in [2.75, 3.05) is 14.2 Å². The van der Waals surface area contributed by atoms with E-state index in [0.717, 1.165) is 14.2 Å². The Morgan fingerprint density at radius 3 is 2.33 bits per heavy atom. The number of rotatable bonds is 3. The second-order valence-electron chi connectivity index (χ2n) is 3.81. The third kappa shape index (κ3) is 3.01. The molecule has 1 aromatic heterocycles. The normalized spacial score (nSPS) is 10.3. The van der Waals surface area contributed by atoms with Crippen molar-refractivity contribution < 1.29 is 23.5 Å². The van der Waals surface area contributed by atoms with E-state index in [1.807, 2.05) is 0 Å². The van der Waals surface area contributed by atoms with Gasteiger partial charge in [-0.05, 0) is 18.2 Å². The maximum absolute atomic E-state index is 11.6. The quantitative estimate of drug-likeness (QED) is 0.804. The molecule has 21 heavy (non-hydrogen) atoms. The van der Waals surface area contributed by atoms with Crippen LogP contribution in [0.3, 0.4) is 0 Å². The molecule has 1 aromatic carbocycles. The van der Waals surface area contributed by atoms with E-state index in [1.165, 1.54) is 6.07 Å². The SMILES string of the molecule is COC(=O)c1nc(-c2ccc(Cl)c(Cl)c2)oc1C(=O)OC. The van der Waals surface area contributed by atoms with Crippen molar-refractivity contribution in [1.29, 1.82) is 0 Å². The summed E-state index contributed by atoms with van der Waals surface area (Å²) in [6.07, 6.45) is 0. The third-order valence-corrected chi connectivity index (χ3v) is 3.28. The minimum absolute atomic E-state index is 0.0226. The number of carbonyl (C=O) groups excluding carboxylic acids is 2. The van der Waals surface area contributed by atoms with Crippen LogP contribution < -0.4 is 0 Å². The maximum Gasteiger partial charge on any atom is 0.376 e. The fourth-order valence-corrected chi connectivity index (χ4v) is 1.84. The molecule has 0 aliphatic carbocycles. The van der Waals surface area contributed by atoms with Crippen LogP contribution in [0.25, 0.3) is 11.5 Å². The Labute approximate surface area is 129 Å². The molecule has 0 bridgehead atoms. The van der Waals surface area contributed by atoms with Gasteiger partial charge in [0.2, 0.25) is 17.3 Å². The molecule has 110 valence electrons. The Hall–Kier alpha value is -2.05. The topological polar surface area (TPSA) is 78.6 Å². The van der Waals surface area contributed by atoms with E-state index in [4.69, 9.17) is 27.6 Å². The molecule has 0 spiro atoms. The second-order valence-corrected chi connectivity index (χ2v) is 4.62. The Kier molecular flexibility index (Phi) is 4.50. The highest BCUT2D eigenvalue weighted by Gasteiger charge is 2.27. The summed E-state index contributed by atoms with van der Waals surface area (Å²) in [5.41, 5.74) is 0.176. The molecule has 0 saturated carbocycles. The van der Waals surface area contributed by atoms with Gasteiger partial charge in [-0.25, -0.2) is 14.6 Å². The van der Waals surface area contributed by atoms with Gasteiger partial charge in [0.25, 0.3) is 0 Å². The first-order chi connectivity index (χ1) is 9.97. The number of nitrogens with zero attached hydrogens (tertiary/aromatic N) is 1. The highest BCUT2D eigenvalue weighted by Crippen LogP contribution is 2.29. The van der Waals surface area contributed by atoms with Gasteiger partial charge >= 0.3 is 11.9 Å². The molecule has 0 aliphatic rings. The van der Waals surface area contributed by atoms with Crippen LogP contribution in [0.1, 0.15) is 21.0 Å². The second kappa shape index (κ2) is 6.15. The van der Waals surface area contributed by atoms with Crippen LogP contribution in [-0.2, 0) is 9.47 Å². The number of hydrogen-bond acceptors (Lipinski definition) is 6. The summed E-state index contributed by atoms with van der Waals surface area (Å²) in [5.74, 6) is -1.97. The molecule has 0 amide bonds.